The molecule has 22 heavy (non-hydrogen) atoms. The molecule has 1 saturated heterocycles. The van der Waals surface area contributed by atoms with Crippen molar-refractivity contribution in [2.24, 2.45) is 5.92 Å². The lowest BCUT2D eigenvalue weighted by Gasteiger charge is -2.17. The van der Waals surface area contributed by atoms with Crippen LogP contribution in [0.4, 0.5) is 0 Å². The highest BCUT2D eigenvalue weighted by atomic mass is 35.5. The van der Waals surface area contributed by atoms with Gasteiger partial charge in [0.1, 0.15) is 0 Å². The van der Waals surface area contributed by atoms with Crippen LogP contribution in [0.3, 0.4) is 0 Å². The summed E-state index contributed by atoms with van der Waals surface area (Å²) < 4.78 is 25.1. The number of nitrogens with one attached hydrogen (secondary N) is 1. The molecule has 3 rings (SSSR count). The Kier molecular flexibility index (Phi) is 4.18. The predicted molar refractivity (Wildman–Crippen MR) is 85.3 cm³/mol. The second-order valence-corrected chi connectivity index (χ2v) is 8.38. The lowest BCUT2D eigenvalue weighted by Crippen LogP contribution is -2.38. The van der Waals surface area contributed by atoms with E-state index >= 15 is 0 Å². The minimum atomic E-state index is -3.22. The quantitative estimate of drug-likeness (QED) is 0.903. The van der Waals surface area contributed by atoms with Gasteiger partial charge < -0.3 is 4.90 Å². The van der Waals surface area contributed by atoms with Gasteiger partial charge in [-0.1, -0.05) is 23.7 Å². The fourth-order valence-electron chi connectivity index (χ4n) is 3.14. The van der Waals surface area contributed by atoms with Crippen LogP contribution in [0.25, 0.3) is 0 Å². The van der Waals surface area contributed by atoms with Crippen molar-refractivity contribution in [3.05, 3.63) is 34.9 Å². The summed E-state index contributed by atoms with van der Waals surface area (Å²) in [6.45, 7) is 1.09. The largest absolute Gasteiger partial charge is 0.341 e. The molecule has 0 radical (unpaired) electrons. The van der Waals surface area contributed by atoms with Crippen LogP contribution >= 0.6 is 11.6 Å². The second kappa shape index (κ2) is 5.83. The first kappa shape index (κ1) is 15.8. The Morgan fingerprint density at radius 3 is 2.64 bits per heavy atom. The molecule has 0 unspecified atom stereocenters. The highest BCUT2D eigenvalue weighted by molar-refractivity contribution is 7.88. The van der Waals surface area contributed by atoms with Crippen molar-refractivity contribution in [1.82, 2.24) is 9.62 Å². The van der Waals surface area contributed by atoms with Gasteiger partial charge >= 0.3 is 0 Å². The van der Waals surface area contributed by atoms with E-state index in [4.69, 9.17) is 11.6 Å². The first-order valence-electron chi connectivity index (χ1n) is 7.35. The van der Waals surface area contributed by atoms with Gasteiger partial charge in [-0.3, -0.25) is 4.79 Å². The maximum Gasteiger partial charge on any atom is 0.226 e. The van der Waals surface area contributed by atoms with Crippen molar-refractivity contribution in [3.63, 3.8) is 0 Å². The van der Waals surface area contributed by atoms with Gasteiger partial charge in [-0.15, -0.1) is 0 Å². The number of amides is 1. The molecule has 1 N–H and O–H groups in total. The van der Waals surface area contributed by atoms with E-state index in [-0.39, 0.29) is 23.8 Å². The van der Waals surface area contributed by atoms with Crippen molar-refractivity contribution in [1.29, 1.82) is 0 Å². The number of rotatable bonds is 4. The average molecular weight is 343 g/mol. The number of hydrogen-bond donors (Lipinski definition) is 1. The molecule has 120 valence electrons. The molecule has 1 aliphatic heterocycles. The van der Waals surface area contributed by atoms with Gasteiger partial charge in [0.15, 0.2) is 0 Å². The summed E-state index contributed by atoms with van der Waals surface area (Å²) in [6.07, 6.45) is 2.69. The Hall–Kier alpha value is -1.11. The van der Waals surface area contributed by atoms with E-state index < -0.39 is 10.0 Å². The number of sulfonamides is 1. The van der Waals surface area contributed by atoms with Crippen LogP contribution in [0.1, 0.15) is 24.3 Å². The maximum atomic E-state index is 12.5. The standard InChI is InChI=1S/C15H19ClN2O3S/c1-22(20,21)17-12-6-7-18(9-12)15(19)14-8-13(14)10-2-4-11(16)5-3-10/h2-5,12-14,17H,6-9H2,1H3/t12-,13+,14-/m0/s1. The maximum absolute atomic E-state index is 12.5. The molecule has 1 aromatic rings. The van der Waals surface area contributed by atoms with Gasteiger partial charge in [-0.05, 0) is 36.5 Å². The van der Waals surface area contributed by atoms with Gasteiger partial charge in [0.25, 0.3) is 0 Å². The zero-order chi connectivity index (χ0) is 15.9. The molecule has 2 fully saturated rings. The normalized spacial score (nSPS) is 27.9. The highest BCUT2D eigenvalue weighted by Crippen LogP contribution is 2.48. The molecule has 3 atom stereocenters. The number of benzene rings is 1. The van der Waals surface area contributed by atoms with Gasteiger partial charge in [0.2, 0.25) is 15.9 Å². The molecule has 1 aliphatic carbocycles. The molecule has 1 aromatic carbocycles. The molecule has 7 heteroatoms. The van der Waals surface area contributed by atoms with E-state index in [9.17, 15) is 13.2 Å². The zero-order valence-corrected chi connectivity index (χ0v) is 13.9. The SMILES string of the molecule is CS(=O)(=O)N[C@H]1CCN(C(=O)[C@H]2C[C@@H]2c2ccc(Cl)cc2)C1. The van der Waals surface area contributed by atoms with Crippen molar-refractivity contribution in [2.75, 3.05) is 19.3 Å². The van der Waals surface area contributed by atoms with Gasteiger partial charge in [-0.2, -0.15) is 0 Å². The Labute approximate surface area is 135 Å². The third-order valence-corrected chi connectivity index (χ3v) is 5.30. The molecule has 0 spiro atoms. The van der Waals surface area contributed by atoms with Crippen LogP contribution in [0.2, 0.25) is 5.02 Å². The number of carbonyl (C=O) groups is 1. The van der Waals surface area contributed by atoms with E-state index in [0.717, 1.165) is 18.2 Å². The average Bonchev–Trinajstić information content (AvgIpc) is 3.10. The van der Waals surface area contributed by atoms with E-state index in [1.807, 2.05) is 24.3 Å². The predicted octanol–water partition coefficient (Wildman–Crippen LogP) is 1.59. The lowest BCUT2D eigenvalue weighted by molar-refractivity contribution is -0.131. The zero-order valence-electron chi connectivity index (χ0n) is 12.3. The van der Waals surface area contributed by atoms with Crippen LogP contribution in [-0.4, -0.2) is 44.6 Å². The molecular formula is C15H19ClN2O3S. The van der Waals surface area contributed by atoms with E-state index in [0.29, 0.717) is 24.5 Å². The van der Waals surface area contributed by atoms with Crippen molar-refractivity contribution in [2.45, 2.75) is 24.8 Å². The summed E-state index contributed by atoms with van der Waals surface area (Å²) in [5, 5.41) is 0.696. The Bertz CT molecular complexity index is 675. The molecule has 0 bridgehead atoms. The van der Waals surface area contributed by atoms with Crippen LogP contribution in [-0.2, 0) is 14.8 Å². The fourth-order valence-corrected chi connectivity index (χ4v) is 4.06. The second-order valence-electron chi connectivity index (χ2n) is 6.16. The van der Waals surface area contributed by atoms with E-state index in [1.165, 1.54) is 0 Å². The summed E-state index contributed by atoms with van der Waals surface area (Å²) in [5.41, 5.74) is 1.15. The van der Waals surface area contributed by atoms with Crippen LogP contribution in [0, 0.1) is 5.92 Å². The summed E-state index contributed by atoms with van der Waals surface area (Å²) >= 11 is 5.88. The number of hydrogen-bond acceptors (Lipinski definition) is 3. The molecule has 1 heterocycles. The smallest absolute Gasteiger partial charge is 0.226 e. The Balaban J connectivity index is 1.57. The molecule has 2 aliphatic rings. The minimum absolute atomic E-state index is 0.0261. The third kappa shape index (κ3) is 3.62. The summed E-state index contributed by atoms with van der Waals surface area (Å²) in [7, 11) is -3.22. The van der Waals surface area contributed by atoms with Crippen LogP contribution in [0.15, 0.2) is 24.3 Å². The highest BCUT2D eigenvalue weighted by Gasteiger charge is 2.46. The molecular weight excluding hydrogens is 324 g/mol. The number of halogens is 1. The van der Waals surface area contributed by atoms with Gasteiger partial charge in [-0.25, -0.2) is 13.1 Å². The topological polar surface area (TPSA) is 66.5 Å². The molecule has 1 amide bonds. The summed E-state index contributed by atoms with van der Waals surface area (Å²) in [6, 6.07) is 7.47. The number of nitrogens with zero attached hydrogens (tertiary/aromatic N) is 1. The van der Waals surface area contributed by atoms with Crippen molar-refractivity contribution in [3.8, 4) is 0 Å². The number of likely N-dealkylation sites (tertiary alicyclic amines) is 1. The first-order chi connectivity index (χ1) is 10.3. The van der Waals surface area contributed by atoms with Gasteiger partial charge in [0.05, 0.1) is 6.26 Å². The van der Waals surface area contributed by atoms with Gasteiger partial charge in [0, 0.05) is 30.1 Å². The minimum Gasteiger partial charge on any atom is -0.341 e. The van der Waals surface area contributed by atoms with E-state index in [2.05, 4.69) is 4.72 Å². The molecule has 1 saturated carbocycles. The van der Waals surface area contributed by atoms with Crippen LogP contribution < -0.4 is 4.72 Å². The van der Waals surface area contributed by atoms with Crippen LogP contribution in [0.5, 0.6) is 0 Å². The lowest BCUT2D eigenvalue weighted by atomic mass is 10.1. The summed E-state index contributed by atoms with van der Waals surface area (Å²) in [4.78, 5) is 14.3. The van der Waals surface area contributed by atoms with E-state index in [1.54, 1.807) is 4.90 Å². The van der Waals surface area contributed by atoms with Crippen molar-refractivity contribution < 1.29 is 13.2 Å². The Morgan fingerprint density at radius 2 is 2.00 bits per heavy atom. The Morgan fingerprint density at radius 1 is 1.32 bits per heavy atom. The third-order valence-electron chi connectivity index (χ3n) is 4.29. The monoisotopic (exact) mass is 342 g/mol. The fraction of sp³-hybridized carbons (Fsp3) is 0.533. The molecule has 0 aromatic heterocycles. The number of carbonyl (C=O) groups excluding carboxylic acids is 1. The first-order valence-corrected chi connectivity index (χ1v) is 9.62. The van der Waals surface area contributed by atoms with Crippen molar-refractivity contribution >= 4 is 27.5 Å². The summed E-state index contributed by atoms with van der Waals surface area (Å²) in [5.74, 6) is 0.433. The molecule has 5 nitrogen and oxygen atoms in total.